The van der Waals surface area contributed by atoms with E-state index in [1.165, 1.54) is 0 Å². The third kappa shape index (κ3) is 4.23. The molecule has 0 saturated carbocycles. The van der Waals surface area contributed by atoms with Crippen molar-refractivity contribution in [1.82, 2.24) is 10.7 Å². The van der Waals surface area contributed by atoms with Gasteiger partial charge < -0.3 is 20.3 Å². The van der Waals surface area contributed by atoms with Gasteiger partial charge >= 0.3 is 0 Å². The van der Waals surface area contributed by atoms with Crippen molar-refractivity contribution < 1.29 is 14.9 Å². The fourth-order valence-electron chi connectivity index (χ4n) is 2.70. The molecule has 1 aliphatic rings. The average molecular weight is 371 g/mol. The molecule has 0 saturated heterocycles. The number of nitrogens with zero attached hydrogens (tertiary/aromatic N) is 1. The van der Waals surface area contributed by atoms with Crippen LogP contribution < -0.4 is 15.5 Å². The second kappa shape index (κ2) is 8.05. The van der Waals surface area contributed by atoms with E-state index in [9.17, 15) is 10.2 Å². The van der Waals surface area contributed by atoms with Crippen LogP contribution in [0, 0.1) is 0 Å². The Bertz CT molecular complexity index is 821. The molecule has 3 rings (SSSR count). The number of thiocarbonyl (C=S) groups is 1. The number of hydrogen-bond acceptors (Lipinski definition) is 5. The van der Waals surface area contributed by atoms with Crippen molar-refractivity contribution >= 4 is 23.0 Å². The molecule has 0 radical (unpaired) electrons. The Morgan fingerprint density at radius 3 is 2.65 bits per heavy atom. The van der Waals surface area contributed by atoms with Gasteiger partial charge in [0, 0.05) is 24.6 Å². The smallest absolute Gasteiger partial charge is 0.186 e. The van der Waals surface area contributed by atoms with Crippen LogP contribution in [0.3, 0.4) is 0 Å². The number of benzene rings is 2. The molecular formula is C19H21N3O3S. The summed E-state index contributed by atoms with van der Waals surface area (Å²) >= 11 is 5.22. The predicted octanol–water partition coefficient (Wildman–Crippen LogP) is 3.20. The summed E-state index contributed by atoms with van der Waals surface area (Å²) in [5.74, 6) is 0.885. The third-order valence-electron chi connectivity index (χ3n) is 4.02. The maximum Gasteiger partial charge on any atom is 0.186 e. The zero-order chi connectivity index (χ0) is 18.5. The van der Waals surface area contributed by atoms with Gasteiger partial charge in [0.15, 0.2) is 5.11 Å². The average Bonchev–Trinajstić information content (AvgIpc) is 2.64. The maximum atomic E-state index is 9.78. The molecule has 0 fully saturated rings. The molecule has 1 heterocycles. The molecule has 0 aliphatic carbocycles. The highest BCUT2D eigenvalue weighted by Crippen LogP contribution is 2.37. The molecule has 0 bridgehead atoms. The normalized spacial score (nSPS) is 17.3. The lowest BCUT2D eigenvalue weighted by molar-refractivity contribution is 0.205. The van der Waals surface area contributed by atoms with Crippen LogP contribution in [0.15, 0.2) is 47.6 Å². The molecule has 4 N–H and O–H groups in total. The van der Waals surface area contributed by atoms with Crippen molar-refractivity contribution in [3.8, 4) is 17.2 Å². The summed E-state index contributed by atoms with van der Waals surface area (Å²) < 4.78 is 6.04. The predicted molar refractivity (Wildman–Crippen MR) is 105 cm³/mol. The van der Waals surface area contributed by atoms with E-state index in [-0.39, 0.29) is 17.6 Å². The van der Waals surface area contributed by atoms with Gasteiger partial charge in [-0.15, -0.1) is 0 Å². The SMILES string of the molecule is CCCNC(=S)N/N=C1\CC(c2ccc(O)cc2)Oc2cc(O)ccc21. The van der Waals surface area contributed by atoms with E-state index in [1.54, 1.807) is 30.3 Å². The molecule has 1 atom stereocenters. The van der Waals surface area contributed by atoms with Crippen molar-refractivity contribution in [2.24, 2.45) is 5.10 Å². The number of rotatable bonds is 4. The first-order valence-corrected chi connectivity index (χ1v) is 8.87. The van der Waals surface area contributed by atoms with Gasteiger partial charge in [0.2, 0.25) is 0 Å². The summed E-state index contributed by atoms with van der Waals surface area (Å²) in [4.78, 5) is 0. The van der Waals surface area contributed by atoms with E-state index in [1.807, 2.05) is 12.1 Å². The highest BCUT2D eigenvalue weighted by atomic mass is 32.1. The largest absolute Gasteiger partial charge is 0.508 e. The van der Waals surface area contributed by atoms with Gasteiger partial charge in [-0.05, 0) is 48.5 Å². The number of aromatic hydroxyl groups is 2. The molecule has 26 heavy (non-hydrogen) atoms. The quantitative estimate of drug-likeness (QED) is 0.488. The Morgan fingerprint density at radius 1 is 1.19 bits per heavy atom. The van der Waals surface area contributed by atoms with Crippen LogP contribution in [0.5, 0.6) is 17.2 Å². The van der Waals surface area contributed by atoms with E-state index in [2.05, 4.69) is 22.8 Å². The Hall–Kier alpha value is -2.80. The fraction of sp³-hybridized carbons (Fsp3) is 0.263. The van der Waals surface area contributed by atoms with E-state index in [4.69, 9.17) is 17.0 Å². The number of hydrazone groups is 1. The summed E-state index contributed by atoms with van der Waals surface area (Å²) in [5, 5.41) is 27.3. The number of hydrogen-bond donors (Lipinski definition) is 4. The minimum Gasteiger partial charge on any atom is -0.508 e. The first-order chi connectivity index (χ1) is 12.6. The number of phenols is 2. The first kappa shape index (κ1) is 18.0. The lowest BCUT2D eigenvalue weighted by Crippen LogP contribution is -2.34. The summed E-state index contributed by atoms with van der Waals surface area (Å²) in [6.07, 6.45) is 1.23. The lowest BCUT2D eigenvalue weighted by atomic mass is 9.95. The van der Waals surface area contributed by atoms with Gasteiger partial charge in [-0.25, -0.2) is 0 Å². The first-order valence-electron chi connectivity index (χ1n) is 8.46. The van der Waals surface area contributed by atoms with Crippen molar-refractivity contribution in [3.63, 3.8) is 0 Å². The molecule has 0 amide bonds. The number of nitrogens with one attached hydrogen (secondary N) is 2. The Kier molecular flexibility index (Phi) is 5.58. The summed E-state index contributed by atoms with van der Waals surface area (Å²) in [5.41, 5.74) is 5.38. The molecule has 136 valence electrons. The maximum absolute atomic E-state index is 9.78. The van der Waals surface area contributed by atoms with E-state index < -0.39 is 0 Å². The summed E-state index contributed by atoms with van der Waals surface area (Å²) in [6.45, 7) is 2.84. The topological polar surface area (TPSA) is 86.1 Å². The lowest BCUT2D eigenvalue weighted by Gasteiger charge is -2.27. The highest BCUT2D eigenvalue weighted by Gasteiger charge is 2.27. The highest BCUT2D eigenvalue weighted by molar-refractivity contribution is 7.80. The van der Waals surface area contributed by atoms with Crippen LogP contribution in [0.25, 0.3) is 0 Å². The minimum atomic E-state index is -0.275. The van der Waals surface area contributed by atoms with E-state index in [0.717, 1.165) is 29.8 Å². The zero-order valence-corrected chi connectivity index (χ0v) is 15.2. The Balaban J connectivity index is 1.87. The van der Waals surface area contributed by atoms with Crippen LogP contribution in [-0.2, 0) is 0 Å². The monoisotopic (exact) mass is 371 g/mol. The van der Waals surface area contributed by atoms with Crippen molar-refractivity contribution in [1.29, 1.82) is 0 Å². The number of ether oxygens (including phenoxy) is 1. The zero-order valence-electron chi connectivity index (χ0n) is 14.4. The molecule has 6 nitrogen and oxygen atoms in total. The van der Waals surface area contributed by atoms with E-state index in [0.29, 0.717) is 17.3 Å². The van der Waals surface area contributed by atoms with Crippen LogP contribution in [0.4, 0.5) is 0 Å². The molecule has 7 heteroatoms. The molecule has 0 aromatic heterocycles. The second-order valence-electron chi connectivity index (χ2n) is 6.01. The Labute approximate surface area is 157 Å². The molecule has 0 spiro atoms. The molecule has 1 unspecified atom stereocenters. The minimum absolute atomic E-state index is 0.127. The number of phenolic OH excluding ortho intramolecular Hbond substituents is 2. The van der Waals surface area contributed by atoms with Crippen LogP contribution in [-0.4, -0.2) is 27.6 Å². The summed E-state index contributed by atoms with van der Waals surface area (Å²) in [7, 11) is 0. The molecule has 2 aromatic carbocycles. The van der Waals surface area contributed by atoms with Gasteiger partial charge in [-0.2, -0.15) is 5.10 Å². The van der Waals surface area contributed by atoms with Gasteiger partial charge in [0.1, 0.15) is 23.4 Å². The standard InChI is InChI=1S/C19H21N3O3S/c1-2-9-20-19(26)22-21-16-11-17(12-3-5-13(23)6-4-12)25-18-10-14(24)7-8-15(16)18/h3-8,10,17,23-24H,2,9,11H2,1H3,(H2,20,22,26)/b21-16+. The number of fused-ring (bicyclic) bond motifs is 1. The van der Waals surface area contributed by atoms with Gasteiger partial charge in [0.05, 0.1) is 5.71 Å². The summed E-state index contributed by atoms with van der Waals surface area (Å²) in [6, 6.07) is 11.8. The van der Waals surface area contributed by atoms with Crippen molar-refractivity contribution in [2.45, 2.75) is 25.9 Å². The third-order valence-corrected chi connectivity index (χ3v) is 4.25. The van der Waals surface area contributed by atoms with Crippen LogP contribution in [0.2, 0.25) is 0 Å². The van der Waals surface area contributed by atoms with Gasteiger partial charge in [0.25, 0.3) is 0 Å². The molecular weight excluding hydrogens is 350 g/mol. The molecule has 1 aliphatic heterocycles. The fourth-order valence-corrected chi connectivity index (χ4v) is 2.85. The van der Waals surface area contributed by atoms with Gasteiger partial charge in [-0.1, -0.05) is 19.1 Å². The molecule has 2 aromatic rings. The van der Waals surface area contributed by atoms with Crippen LogP contribution >= 0.6 is 12.2 Å². The second-order valence-corrected chi connectivity index (χ2v) is 6.42. The van der Waals surface area contributed by atoms with E-state index >= 15 is 0 Å². The van der Waals surface area contributed by atoms with Crippen LogP contribution in [0.1, 0.15) is 37.0 Å². The van der Waals surface area contributed by atoms with Crippen molar-refractivity contribution in [3.05, 3.63) is 53.6 Å². The Morgan fingerprint density at radius 2 is 1.92 bits per heavy atom. The van der Waals surface area contributed by atoms with Crippen molar-refractivity contribution in [2.75, 3.05) is 6.54 Å². The van der Waals surface area contributed by atoms with Gasteiger partial charge in [-0.3, -0.25) is 5.43 Å².